The Morgan fingerprint density at radius 1 is 0.967 bits per heavy atom. The van der Waals surface area contributed by atoms with E-state index in [-0.39, 0.29) is 11.5 Å². The number of hydrogen-bond acceptors (Lipinski definition) is 5. The van der Waals surface area contributed by atoms with Crippen LogP contribution >= 0.6 is 11.6 Å². The fourth-order valence-electron chi connectivity index (χ4n) is 3.18. The highest BCUT2D eigenvalue weighted by molar-refractivity contribution is 6.33. The van der Waals surface area contributed by atoms with Crippen molar-refractivity contribution in [3.8, 4) is 5.69 Å². The number of esters is 2. The Balaban J connectivity index is 1.91. The van der Waals surface area contributed by atoms with Crippen molar-refractivity contribution in [3.63, 3.8) is 0 Å². The zero-order valence-corrected chi connectivity index (χ0v) is 17.9. The van der Waals surface area contributed by atoms with E-state index in [0.29, 0.717) is 16.3 Å². The Labute approximate surface area is 179 Å². The van der Waals surface area contributed by atoms with Gasteiger partial charge in [0.15, 0.2) is 0 Å². The lowest BCUT2D eigenvalue weighted by Gasteiger charge is -2.10. The van der Waals surface area contributed by atoms with Crippen LogP contribution in [0.1, 0.15) is 37.7 Å². The van der Waals surface area contributed by atoms with E-state index in [9.17, 15) is 9.59 Å². The van der Waals surface area contributed by atoms with Crippen molar-refractivity contribution in [3.05, 3.63) is 81.6 Å². The van der Waals surface area contributed by atoms with Crippen molar-refractivity contribution in [1.29, 1.82) is 0 Å². The summed E-state index contributed by atoms with van der Waals surface area (Å²) in [6.45, 7) is 3.99. The van der Waals surface area contributed by atoms with Crippen molar-refractivity contribution in [1.82, 2.24) is 4.57 Å². The lowest BCUT2D eigenvalue weighted by atomic mass is 10.2. The molecule has 0 bridgehead atoms. The van der Waals surface area contributed by atoms with Crippen molar-refractivity contribution >= 4 is 35.4 Å². The van der Waals surface area contributed by atoms with Gasteiger partial charge in [0.25, 0.3) is 0 Å². The zero-order valence-electron chi connectivity index (χ0n) is 17.1. The maximum atomic E-state index is 11.8. The molecule has 3 rings (SSSR count). The van der Waals surface area contributed by atoms with Gasteiger partial charge in [0.2, 0.25) is 0 Å². The Hall–Kier alpha value is -3.38. The summed E-state index contributed by atoms with van der Waals surface area (Å²) in [6, 6.07) is 14.2. The van der Waals surface area contributed by atoms with Gasteiger partial charge in [0, 0.05) is 28.9 Å². The third kappa shape index (κ3) is 4.28. The molecule has 6 nitrogen and oxygen atoms in total. The monoisotopic (exact) mass is 424 g/mol. The summed E-state index contributed by atoms with van der Waals surface area (Å²) >= 11 is 6.06. The van der Waals surface area contributed by atoms with Gasteiger partial charge in [-0.15, -0.1) is 0 Å². The molecule has 0 aliphatic rings. The summed E-state index contributed by atoms with van der Waals surface area (Å²) in [6.07, 6.45) is 1.74. The van der Waals surface area contributed by atoms with Crippen LogP contribution in [-0.4, -0.2) is 36.9 Å². The lowest BCUT2D eigenvalue weighted by molar-refractivity contribution is 0.0592. The first-order valence-corrected chi connectivity index (χ1v) is 9.53. The minimum Gasteiger partial charge on any atom is -0.465 e. The van der Waals surface area contributed by atoms with Crippen molar-refractivity contribution in [2.45, 2.75) is 13.8 Å². The number of halogens is 1. The molecule has 0 aliphatic heterocycles. The van der Waals surface area contributed by atoms with E-state index in [4.69, 9.17) is 21.1 Å². The largest absolute Gasteiger partial charge is 0.465 e. The smallest absolute Gasteiger partial charge is 0.339 e. The normalized spacial score (nSPS) is 11.0. The molecule has 3 aromatic rings. The zero-order chi connectivity index (χ0) is 21.8. The Morgan fingerprint density at radius 2 is 1.63 bits per heavy atom. The van der Waals surface area contributed by atoms with Gasteiger partial charge in [-0.1, -0.05) is 11.6 Å². The van der Waals surface area contributed by atoms with E-state index in [0.717, 1.165) is 22.6 Å². The predicted octanol–water partition coefficient (Wildman–Crippen LogP) is 5.07. The molecule has 0 radical (unpaired) electrons. The van der Waals surface area contributed by atoms with Crippen LogP contribution in [0, 0.1) is 13.8 Å². The summed E-state index contributed by atoms with van der Waals surface area (Å²) in [5.41, 5.74) is 5.22. The number of carbonyl (C=O) groups is 2. The first-order chi connectivity index (χ1) is 14.3. The van der Waals surface area contributed by atoms with Crippen LogP contribution in [-0.2, 0) is 9.47 Å². The molecular formula is C23H21ClN2O4. The molecule has 0 atom stereocenters. The number of carbonyl (C=O) groups excluding carboxylic acids is 2. The van der Waals surface area contributed by atoms with Crippen molar-refractivity contribution in [2.75, 3.05) is 14.2 Å². The molecule has 0 N–H and O–H groups in total. The van der Waals surface area contributed by atoms with Crippen LogP contribution in [0.5, 0.6) is 0 Å². The van der Waals surface area contributed by atoms with Gasteiger partial charge in [-0.2, -0.15) is 0 Å². The predicted molar refractivity (Wildman–Crippen MR) is 117 cm³/mol. The van der Waals surface area contributed by atoms with Gasteiger partial charge in [-0.05, 0) is 62.4 Å². The highest BCUT2D eigenvalue weighted by Crippen LogP contribution is 2.24. The summed E-state index contributed by atoms with van der Waals surface area (Å²) in [5, 5.41) is 0.314. The highest BCUT2D eigenvalue weighted by Gasteiger charge is 2.13. The second-order valence-corrected chi connectivity index (χ2v) is 7.02. The molecule has 0 saturated heterocycles. The summed E-state index contributed by atoms with van der Waals surface area (Å²) in [7, 11) is 2.66. The minimum atomic E-state index is -0.509. The van der Waals surface area contributed by atoms with Gasteiger partial charge >= 0.3 is 11.9 Å². The van der Waals surface area contributed by atoms with Gasteiger partial charge < -0.3 is 14.0 Å². The molecule has 30 heavy (non-hydrogen) atoms. The standard InChI is InChI=1S/C23H21ClN2O4/c1-14-11-17(13-25-18-7-10-21(24)20(12-18)23(28)30-4)15(2)26(14)19-8-5-16(6-9-19)22(27)29-3/h5-13H,1-4H3. The minimum absolute atomic E-state index is 0.269. The molecular weight excluding hydrogens is 404 g/mol. The lowest BCUT2D eigenvalue weighted by Crippen LogP contribution is -2.03. The number of aliphatic imine (C=N–C) groups is 1. The van der Waals surface area contributed by atoms with Crippen LogP contribution in [0.2, 0.25) is 5.02 Å². The highest BCUT2D eigenvalue weighted by atomic mass is 35.5. The molecule has 1 aromatic heterocycles. The summed E-state index contributed by atoms with van der Waals surface area (Å²) in [5.74, 6) is -0.879. The van der Waals surface area contributed by atoms with Gasteiger partial charge in [-0.25, -0.2) is 9.59 Å². The van der Waals surface area contributed by atoms with Crippen molar-refractivity contribution in [2.24, 2.45) is 4.99 Å². The van der Waals surface area contributed by atoms with Crippen molar-refractivity contribution < 1.29 is 19.1 Å². The molecule has 1 heterocycles. The van der Waals surface area contributed by atoms with Crippen LogP contribution in [0.4, 0.5) is 5.69 Å². The SMILES string of the molecule is COC(=O)c1ccc(-n2c(C)cc(C=Nc3ccc(Cl)c(C(=O)OC)c3)c2C)cc1. The average molecular weight is 425 g/mol. The van der Waals surface area contributed by atoms with Gasteiger partial charge in [0.05, 0.1) is 36.1 Å². The Morgan fingerprint density at radius 3 is 2.27 bits per heavy atom. The van der Waals surface area contributed by atoms with E-state index >= 15 is 0 Å². The maximum Gasteiger partial charge on any atom is 0.339 e. The van der Waals surface area contributed by atoms with Crippen LogP contribution in [0.15, 0.2) is 53.5 Å². The summed E-state index contributed by atoms with van der Waals surface area (Å²) < 4.78 is 11.6. The average Bonchev–Trinajstić information content (AvgIpc) is 3.05. The summed E-state index contributed by atoms with van der Waals surface area (Å²) in [4.78, 5) is 27.9. The van der Waals surface area contributed by atoms with Crippen LogP contribution in [0.25, 0.3) is 5.69 Å². The molecule has 2 aromatic carbocycles. The fourth-order valence-corrected chi connectivity index (χ4v) is 3.38. The van der Waals surface area contributed by atoms with Crippen LogP contribution < -0.4 is 0 Å². The Kier molecular flexibility index (Phi) is 6.37. The number of methoxy groups -OCH3 is 2. The fraction of sp³-hybridized carbons (Fsp3) is 0.174. The van der Waals surface area contributed by atoms with E-state index < -0.39 is 5.97 Å². The van der Waals surface area contributed by atoms with E-state index in [1.807, 2.05) is 32.0 Å². The third-order valence-electron chi connectivity index (χ3n) is 4.72. The second kappa shape index (κ2) is 8.97. The topological polar surface area (TPSA) is 69.9 Å². The number of rotatable bonds is 5. The molecule has 0 unspecified atom stereocenters. The second-order valence-electron chi connectivity index (χ2n) is 6.61. The molecule has 0 aliphatic carbocycles. The number of aromatic nitrogens is 1. The molecule has 0 spiro atoms. The first kappa shape index (κ1) is 21.3. The van der Waals surface area contributed by atoms with E-state index in [1.54, 1.807) is 36.5 Å². The first-order valence-electron chi connectivity index (χ1n) is 9.15. The molecule has 7 heteroatoms. The van der Waals surface area contributed by atoms with Crippen LogP contribution in [0.3, 0.4) is 0 Å². The number of ether oxygens (including phenoxy) is 2. The quantitative estimate of drug-likeness (QED) is 0.423. The number of benzene rings is 2. The van der Waals surface area contributed by atoms with Gasteiger partial charge in [0.1, 0.15) is 0 Å². The molecule has 0 fully saturated rings. The number of nitrogens with zero attached hydrogens (tertiary/aromatic N) is 2. The molecule has 0 saturated carbocycles. The Bertz CT molecular complexity index is 1130. The van der Waals surface area contributed by atoms with E-state index in [1.165, 1.54) is 14.2 Å². The molecule has 154 valence electrons. The van der Waals surface area contributed by atoms with Gasteiger partial charge in [-0.3, -0.25) is 4.99 Å². The molecule has 0 amide bonds. The van der Waals surface area contributed by atoms with E-state index in [2.05, 4.69) is 9.56 Å². The number of hydrogen-bond donors (Lipinski definition) is 0. The third-order valence-corrected chi connectivity index (χ3v) is 5.05. The number of aryl methyl sites for hydroxylation is 1. The maximum absolute atomic E-state index is 11.8.